The number of aryl methyl sites for hydroxylation is 1. The summed E-state index contributed by atoms with van der Waals surface area (Å²) in [5.74, 6) is -0.0924. The van der Waals surface area contributed by atoms with Crippen molar-refractivity contribution >= 4 is 56.2 Å². The van der Waals surface area contributed by atoms with Gasteiger partial charge in [-0.3, -0.25) is 9.59 Å². The summed E-state index contributed by atoms with van der Waals surface area (Å²) >= 11 is 7.74. The van der Waals surface area contributed by atoms with Crippen LogP contribution in [0.25, 0.3) is 10.1 Å². The molecule has 29 heavy (non-hydrogen) atoms. The van der Waals surface area contributed by atoms with Gasteiger partial charge in [0.1, 0.15) is 4.88 Å². The molecule has 1 heterocycles. The maximum absolute atomic E-state index is 12.6. The zero-order valence-electron chi connectivity index (χ0n) is 16.1. The van der Waals surface area contributed by atoms with Crippen molar-refractivity contribution in [3.05, 3.63) is 63.5 Å². The minimum absolute atomic E-state index is 0.0748. The van der Waals surface area contributed by atoms with Crippen molar-refractivity contribution in [1.82, 2.24) is 5.43 Å². The maximum Gasteiger partial charge on any atom is 0.283 e. The van der Waals surface area contributed by atoms with Gasteiger partial charge in [-0.05, 0) is 56.0 Å². The molecule has 0 unspecified atom stereocenters. The molecule has 0 radical (unpaired) electrons. The van der Waals surface area contributed by atoms with Crippen LogP contribution in [0.15, 0.2) is 47.6 Å². The molecule has 2 amide bonds. The Bertz CT molecular complexity index is 1130. The number of nitrogens with one attached hydrogen (secondary N) is 2. The van der Waals surface area contributed by atoms with Gasteiger partial charge in [0.25, 0.3) is 5.91 Å². The third kappa shape index (κ3) is 4.33. The lowest BCUT2D eigenvalue weighted by Gasteiger charge is -2.06. The molecule has 1 aliphatic carbocycles. The zero-order chi connectivity index (χ0) is 20.5. The normalized spacial score (nSPS) is 14.1. The number of hydrogen-bond acceptors (Lipinski definition) is 4. The lowest BCUT2D eigenvalue weighted by atomic mass is 10.1. The third-order valence-electron chi connectivity index (χ3n) is 4.83. The lowest BCUT2D eigenvalue weighted by Crippen LogP contribution is -2.18. The average molecular weight is 426 g/mol. The van der Waals surface area contributed by atoms with Crippen molar-refractivity contribution in [1.29, 1.82) is 0 Å². The van der Waals surface area contributed by atoms with Crippen molar-refractivity contribution < 1.29 is 9.59 Å². The largest absolute Gasteiger partial charge is 0.326 e. The van der Waals surface area contributed by atoms with Gasteiger partial charge in [-0.25, -0.2) is 5.43 Å². The first-order chi connectivity index (χ1) is 13.9. The quantitative estimate of drug-likeness (QED) is 0.426. The minimum Gasteiger partial charge on any atom is -0.326 e. The Morgan fingerprint density at radius 2 is 1.86 bits per heavy atom. The number of anilines is 1. The summed E-state index contributed by atoms with van der Waals surface area (Å²) in [5, 5.41) is 8.43. The SMILES string of the molecule is CC(=NNC(=O)c1sc2cc(C)ccc2c1Cl)c1ccc(NC(=O)C2CC2)cc1. The smallest absolute Gasteiger partial charge is 0.283 e. The third-order valence-corrected chi connectivity index (χ3v) is 6.49. The van der Waals surface area contributed by atoms with E-state index in [1.807, 2.05) is 56.3 Å². The molecule has 5 nitrogen and oxygen atoms in total. The highest BCUT2D eigenvalue weighted by atomic mass is 35.5. The van der Waals surface area contributed by atoms with Gasteiger partial charge in [0.2, 0.25) is 5.91 Å². The Kier molecular flexibility index (Phi) is 5.39. The van der Waals surface area contributed by atoms with Crippen LogP contribution in [0.3, 0.4) is 0 Å². The van der Waals surface area contributed by atoms with E-state index in [9.17, 15) is 9.59 Å². The Morgan fingerprint density at radius 1 is 1.14 bits per heavy atom. The zero-order valence-corrected chi connectivity index (χ0v) is 17.7. The number of fused-ring (bicyclic) bond motifs is 1. The van der Waals surface area contributed by atoms with Gasteiger partial charge in [-0.1, -0.05) is 35.9 Å². The summed E-state index contributed by atoms with van der Waals surface area (Å²) in [6.45, 7) is 3.82. The van der Waals surface area contributed by atoms with Crippen LogP contribution in [-0.4, -0.2) is 17.5 Å². The molecular weight excluding hydrogens is 406 g/mol. The predicted molar refractivity (Wildman–Crippen MR) is 119 cm³/mol. The summed E-state index contributed by atoms with van der Waals surface area (Å²) in [5.41, 5.74) is 5.98. The van der Waals surface area contributed by atoms with E-state index in [0.717, 1.165) is 39.7 Å². The van der Waals surface area contributed by atoms with Crippen LogP contribution in [0.4, 0.5) is 5.69 Å². The number of rotatable bonds is 5. The van der Waals surface area contributed by atoms with E-state index in [-0.39, 0.29) is 17.7 Å². The molecule has 4 rings (SSSR count). The van der Waals surface area contributed by atoms with Crippen LogP contribution in [0, 0.1) is 12.8 Å². The van der Waals surface area contributed by atoms with Crippen LogP contribution in [0.5, 0.6) is 0 Å². The summed E-state index contributed by atoms with van der Waals surface area (Å²) in [7, 11) is 0. The van der Waals surface area contributed by atoms with E-state index >= 15 is 0 Å². The van der Waals surface area contributed by atoms with E-state index in [4.69, 9.17) is 11.6 Å². The number of hydrazone groups is 1. The van der Waals surface area contributed by atoms with Crippen LogP contribution in [0.1, 0.15) is 40.6 Å². The van der Waals surface area contributed by atoms with E-state index in [1.165, 1.54) is 11.3 Å². The van der Waals surface area contributed by atoms with Crippen LogP contribution in [0.2, 0.25) is 5.02 Å². The Balaban J connectivity index is 1.44. The number of nitrogens with zero attached hydrogens (tertiary/aromatic N) is 1. The average Bonchev–Trinajstić information content (AvgIpc) is 3.51. The molecule has 1 aromatic heterocycles. The van der Waals surface area contributed by atoms with Crippen molar-refractivity contribution in [2.24, 2.45) is 11.0 Å². The van der Waals surface area contributed by atoms with Crippen molar-refractivity contribution in [2.45, 2.75) is 26.7 Å². The molecule has 0 saturated heterocycles. The molecular formula is C22H20ClN3O2S. The van der Waals surface area contributed by atoms with E-state index < -0.39 is 0 Å². The molecule has 2 aromatic carbocycles. The molecule has 0 bridgehead atoms. The maximum atomic E-state index is 12.6. The monoisotopic (exact) mass is 425 g/mol. The molecule has 148 valence electrons. The first-order valence-corrected chi connectivity index (χ1v) is 10.6. The molecule has 0 spiro atoms. The number of halogens is 1. The van der Waals surface area contributed by atoms with Gasteiger partial charge in [-0.2, -0.15) is 5.10 Å². The van der Waals surface area contributed by atoms with Crippen molar-refractivity contribution in [2.75, 3.05) is 5.32 Å². The van der Waals surface area contributed by atoms with Gasteiger partial charge < -0.3 is 5.32 Å². The van der Waals surface area contributed by atoms with Crippen molar-refractivity contribution in [3.8, 4) is 0 Å². The summed E-state index contributed by atoms with van der Waals surface area (Å²) in [6.07, 6.45) is 1.94. The number of amides is 2. The predicted octanol–water partition coefficient (Wildman–Crippen LogP) is 5.37. The second-order valence-corrected chi connectivity index (χ2v) is 8.65. The van der Waals surface area contributed by atoms with E-state index in [1.54, 1.807) is 0 Å². The van der Waals surface area contributed by atoms with Gasteiger partial charge in [-0.15, -0.1) is 11.3 Å². The highest BCUT2D eigenvalue weighted by Gasteiger charge is 2.29. The fraction of sp³-hybridized carbons (Fsp3) is 0.227. The number of thiophene rings is 1. The molecule has 1 saturated carbocycles. The number of carbonyl (C=O) groups excluding carboxylic acids is 2. The highest BCUT2D eigenvalue weighted by molar-refractivity contribution is 7.21. The standard InChI is InChI=1S/C22H20ClN3O2S/c1-12-3-10-17-18(11-12)29-20(19(17)23)22(28)26-25-13(2)14-6-8-16(9-7-14)24-21(27)15-4-5-15/h3,6-11,15H,4-5H2,1-2H3,(H,24,27)(H,26,28). The molecule has 3 aromatic rings. The van der Waals surface area contributed by atoms with Crippen LogP contribution >= 0.6 is 22.9 Å². The molecule has 2 N–H and O–H groups in total. The van der Waals surface area contributed by atoms with Gasteiger partial charge in [0.15, 0.2) is 0 Å². The van der Waals surface area contributed by atoms with Gasteiger partial charge in [0, 0.05) is 21.7 Å². The minimum atomic E-state index is -0.332. The Labute approximate surface area is 177 Å². The molecule has 7 heteroatoms. The number of benzene rings is 2. The number of hydrogen-bond donors (Lipinski definition) is 2. The Hall–Kier alpha value is -2.70. The molecule has 1 fully saturated rings. The van der Waals surface area contributed by atoms with Crippen LogP contribution in [-0.2, 0) is 4.79 Å². The fourth-order valence-corrected chi connectivity index (χ4v) is 4.46. The fourth-order valence-electron chi connectivity index (χ4n) is 2.95. The summed E-state index contributed by atoms with van der Waals surface area (Å²) in [4.78, 5) is 24.8. The van der Waals surface area contributed by atoms with Gasteiger partial charge >= 0.3 is 0 Å². The first-order valence-electron chi connectivity index (χ1n) is 9.37. The second kappa shape index (κ2) is 7.97. The molecule has 0 aliphatic heterocycles. The first kappa shape index (κ1) is 19.6. The summed E-state index contributed by atoms with van der Waals surface area (Å²) < 4.78 is 0.977. The Morgan fingerprint density at radius 3 is 2.55 bits per heavy atom. The topological polar surface area (TPSA) is 70.6 Å². The van der Waals surface area contributed by atoms with Gasteiger partial charge in [0.05, 0.1) is 10.7 Å². The summed E-state index contributed by atoms with van der Waals surface area (Å²) in [6, 6.07) is 13.3. The molecule has 1 aliphatic rings. The molecule has 0 atom stereocenters. The highest BCUT2D eigenvalue weighted by Crippen LogP contribution is 2.35. The number of carbonyl (C=O) groups is 2. The van der Waals surface area contributed by atoms with Crippen molar-refractivity contribution in [3.63, 3.8) is 0 Å². The second-order valence-electron chi connectivity index (χ2n) is 7.22. The van der Waals surface area contributed by atoms with Crippen LogP contribution < -0.4 is 10.7 Å². The van der Waals surface area contributed by atoms with E-state index in [2.05, 4.69) is 15.8 Å². The van der Waals surface area contributed by atoms with E-state index in [0.29, 0.717) is 15.6 Å². The lowest BCUT2D eigenvalue weighted by molar-refractivity contribution is -0.117.